The number of nitrogens with one attached hydrogen (secondary N) is 1. The van der Waals surface area contributed by atoms with Gasteiger partial charge in [-0.2, -0.15) is 0 Å². The van der Waals surface area contributed by atoms with Crippen molar-refractivity contribution in [3.05, 3.63) is 34.0 Å². The lowest BCUT2D eigenvalue weighted by molar-refractivity contribution is 0.585. The van der Waals surface area contributed by atoms with Gasteiger partial charge in [0.25, 0.3) is 0 Å². The summed E-state index contributed by atoms with van der Waals surface area (Å²) in [6.07, 6.45) is 4.63. The molecular weight excluding hydrogens is 202 g/mol. The Hall–Kier alpha value is -0.600. The highest BCUT2D eigenvalue weighted by Crippen LogP contribution is 2.12. The molecule has 0 spiro atoms. The lowest BCUT2D eigenvalue weighted by Crippen LogP contribution is -2.29. The highest BCUT2D eigenvalue weighted by atomic mass is 32.1. The Morgan fingerprint density at radius 1 is 1.53 bits per heavy atom. The molecule has 15 heavy (non-hydrogen) atoms. The molecule has 0 aromatic carbocycles. The minimum absolute atomic E-state index is 0.494. The molecule has 84 valence electrons. The van der Waals surface area contributed by atoms with Gasteiger partial charge in [0.1, 0.15) is 0 Å². The van der Waals surface area contributed by atoms with E-state index in [1.807, 2.05) is 11.3 Å². The first-order chi connectivity index (χ1) is 7.22. The van der Waals surface area contributed by atoms with Gasteiger partial charge in [-0.3, -0.25) is 0 Å². The zero-order chi connectivity index (χ0) is 11.1. The van der Waals surface area contributed by atoms with Gasteiger partial charge in [0, 0.05) is 17.3 Å². The van der Waals surface area contributed by atoms with E-state index in [-0.39, 0.29) is 0 Å². The first-order valence-electron chi connectivity index (χ1n) is 5.63. The van der Waals surface area contributed by atoms with Gasteiger partial charge < -0.3 is 5.32 Å². The van der Waals surface area contributed by atoms with E-state index in [9.17, 15) is 0 Å². The van der Waals surface area contributed by atoms with E-state index in [4.69, 9.17) is 0 Å². The summed E-state index contributed by atoms with van der Waals surface area (Å²) in [5, 5.41) is 5.72. The van der Waals surface area contributed by atoms with Crippen molar-refractivity contribution >= 4 is 11.3 Å². The Kier molecular flexibility index (Phi) is 5.66. The second-order valence-corrected chi connectivity index (χ2v) is 5.12. The van der Waals surface area contributed by atoms with Gasteiger partial charge in [0.15, 0.2) is 0 Å². The van der Waals surface area contributed by atoms with Crippen LogP contribution in [0.2, 0.25) is 0 Å². The standard InChI is InChI=1S/C13H21NS/c1-4-7-14-12(9-11(2)3)10-13-6-5-8-15-13/h5-6,8-9,12,14H,4,7,10H2,1-3H3. The number of hydrogen-bond donors (Lipinski definition) is 1. The predicted octanol–water partition coefficient (Wildman–Crippen LogP) is 3.63. The Morgan fingerprint density at radius 3 is 2.87 bits per heavy atom. The number of allylic oxidation sites excluding steroid dienone is 1. The average molecular weight is 223 g/mol. The van der Waals surface area contributed by atoms with E-state index in [2.05, 4.69) is 49.7 Å². The fourth-order valence-corrected chi connectivity index (χ4v) is 2.33. The lowest BCUT2D eigenvalue weighted by Gasteiger charge is -2.14. The van der Waals surface area contributed by atoms with Gasteiger partial charge in [-0.1, -0.05) is 24.6 Å². The summed E-state index contributed by atoms with van der Waals surface area (Å²) in [6, 6.07) is 4.83. The van der Waals surface area contributed by atoms with E-state index < -0.39 is 0 Å². The van der Waals surface area contributed by atoms with Crippen molar-refractivity contribution in [2.24, 2.45) is 0 Å². The van der Waals surface area contributed by atoms with Gasteiger partial charge in [-0.25, -0.2) is 0 Å². The highest BCUT2D eigenvalue weighted by molar-refractivity contribution is 7.09. The highest BCUT2D eigenvalue weighted by Gasteiger charge is 2.05. The van der Waals surface area contributed by atoms with Crippen LogP contribution in [0.5, 0.6) is 0 Å². The molecule has 1 heterocycles. The largest absolute Gasteiger partial charge is 0.310 e. The summed E-state index contributed by atoms with van der Waals surface area (Å²) in [6.45, 7) is 7.63. The maximum absolute atomic E-state index is 3.57. The molecule has 2 heteroatoms. The number of hydrogen-bond acceptors (Lipinski definition) is 2. The van der Waals surface area contributed by atoms with Crippen LogP contribution in [0, 0.1) is 0 Å². The molecule has 0 fully saturated rings. The molecule has 1 rings (SSSR count). The quantitative estimate of drug-likeness (QED) is 0.726. The van der Waals surface area contributed by atoms with E-state index in [1.54, 1.807) is 0 Å². The van der Waals surface area contributed by atoms with Gasteiger partial charge in [-0.05, 0) is 38.3 Å². The summed E-state index contributed by atoms with van der Waals surface area (Å²) in [5.74, 6) is 0. The van der Waals surface area contributed by atoms with E-state index >= 15 is 0 Å². The molecule has 0 saturated carbocycles. The summed E-state index contributed by atoms with van der Waals surface area (Å²) < 4.78 is 0. The van der Waals surface area contributed by atoms with Crippen molar-refractivity contribution in [3.63, 3.8) is 0 Å². The van der Waals surface area contributed by atoms with Crippen LogP contribution in [-0.4, -0.2) is 12.6 Å². The normalized spacial score (nSPS) is 12.5. The minimum Gasteiger partial charge on any atom is -0.310 e. The van der Waals surface area contributed by atoms with Crippen LogP contribution in [0.25, 0.3) is 0 Å². The lowest BCUT2D eigenvalue weighted by atomic mass is 10.1. The zero-order valence-corrected chi connectivity index (χ0v) is 10.7. The smallest absolute Gasteiger partial charge is 0.0300 e. The Balaban J connectivity index is 2.52. The molecule has 1 aromatic heterocycles. The minimum atomic E-state index is 0.494. The Morgan fingerprint density at radius 2 is 2.33 bits per heavy atom. The number of thiophene rings is 1. The van der Waals surface area contributed by atoms with Crippen LogP contribution in [0.15, 0.2) is 29.2 Å². The topological polar surface area (TPSA) is 12.0 Å². The van der Waals surface area contributed by atoms with Crippen molar-refractivity contribution in [2.45, 2.75) is 39.7 Å². The predicted molar refractivity (Wildman–Crippen MR) is 69.5 cm³/mol. The maximum atomic E-state index is 3.57. The molecule has 1 nitrogen and oxygen atoms in total. The third-order valence-corrected chi connectivity index (χ3v) is 3.09. The maximum Gasteiger partial charge on any atom is 0.0300 e. The molecular formula is C13H21NS. The SMILES string of the molecule is CCCNC(C=C(C)C)Cc1cccs1. The van der Waals surface area contributed by atoms with Gasteiger partial charge >= 0.3 is 0 Å². The van der Waals surface area contributed by atoms with E-state index in [1.165, 1.54) is 16.9 Å². The molecule has 1 N–H and O–H groups in total. The second kappa shape index (κ2) is 6.81. The molecule has 0 aliphatic heterocycles. The van der Waals surface area contributed by atoms with Crippen LogP contribution < -0.4 is 5.32 Å². The fraction of sp³-hybridized carbons (Fsp3) is 0.538. The molecule has 0 aliphatic rings. The molecule has 0 amide bonds. The summed E-state index contributed by atoms with van der Waals surface area (Å²) in [5.41, 5.74) is 1.39. The van der Waals surface area contributed by atoms with E-state index in [0.717, 1.165) is 13.0 Å². The van der Waals surface area contributed by atoms with Crippen molar-refractivity contribution in [1.29, 1.82) is 0 Å². The molecule has 0 bridgehead atoms. The first-order valence-corrected chi connectivity index (χ1v) is 6.51. The molecule has 1 unspecified atom stereocenters. The molecule has 0 radical (unpaired) electrons. The van der Waals surface area contributed by atoms with E-state index in [0.29, 0.717) is 6.04 Å². The number of rotatable bonds is 6. The van der Waals surface area contributed by atoms with Crippen LogP contribution in [-0.2, 0) is 6.42 Å². The third-order valence-electron chi connectivity index (χ3n) is 2.19. The van der Waals surface area contributed by atoms with Crippen molar-refractivity contribution < 1.29 is 0 Å². The Labute approximate surface area is 97.2 Å². The van der Waals surface area contributed by atoms with Crippen LogP contribution >= 0.6 is 11.3 Å². The molecule has 0 aliphatic carbocycles. The van der Waals surface area contributed by atoms with Crippen molar-refractivity contribution in [3.8, 4) is 0 Å². The van der Waals surface area contributed by atoms with Gasteiger partial charge in [0.2, 0.25) is 0 Å². The summed E-state index contributed by atoms with van der Waals surface area (Å²) in [7, 11) is 0. The first kappa shape index (κ1) is 12.5. The average Bonchev–Trinajstić information content (AvgIpc) is 2.66. The second-order valence-electron chi connectivity index (χ2n) is 4.09. The van der Waals surface area contributed by atoms with Crippen molar-refractivity contribution in [2.75, 3.05) is 6.54 Å². The monoisotopic (exact) mass is 223 g/mol. The van der Waals surface area contributed by atoms with Gasteiger partial charge in [0.05, 0.1) is 0 Å². The molecule has 1 aromatic rings. The fourth-order valence-electron chi connectivity index (χ4n) is 1.57. The van der Waals surface area contributed by atoms with Gasteiger partial charge in [-0.15, -0.1) is 11.3 Å². The summed E-state index contributed by atoms with van der Waals surface area (Å²) in [4.78, 5) is 1.46. The Bertz CT molecular complexity index is 283. The van der Waals surface area contributed by atoms with Crippen molar-refractivity contribution in [1.82, 2.24) is 5.32 Å². The molecule has 0 saturated heterocycles. The third kappa shape index (κ3) is 5.14. The van der Waals surface area contributed by atoms with Crippen LogP contribution in [0.3, 0.4) is 0 Å². The summed E-state index contributed by atoms with van der Waals surface area (Å²) >= 11 is 1.84. The zero-order valence-electron chi connectivity index (χ0n) is 9.92. The molecule has 1 atom stereocenters. The van der Waals surface area contributed by atoms with Crippen LogP contribution in [0.1, 0.15) is 32.1 Å². The van der Waals surface area contributed by atoms with Crippen LogP contribution in [0.4, 0.5) is 0 Å².